The van der Waals surface area contributed by atoms with Crippen LogP contribution in [0, 0.1) is 0 Å². The van der Waals surface area contributed by atoms with Gasteiger partial charge in [-0.15, -0.1) is 0 Å². The van der Waals surface area contributed by atoms with Crippen LogP contribution in [0.1, 0.15) is 58.0 Å². The number of rotatable bonds is 10. The smallest absolute Gasteiger partial charge is 0.344 e. The highest BCUT2D eigenvalue weighted by Gasteiger charge is 2.40. The Hall–Kier alpha value is -5.52. The largest absolute Gasteiger partial charge is 0.481 e. The Morgan fingerprint density at radius 3 is 1.49 bits per heavy atom. The molecule has 0 aliphatic carbocycles. The summed E-state index contributed by atoms with van der Waals surface area (Å²) in [7, 11) is 0. The van der Waals surface area contributed by atoms with E-state index in [0.717, 1.165) is 0 Å². The number of ether oxygens (including phenoxy) is 6. The molecule has 0 atom stereocenters. The third-order valence-corrected chi connectivity index (χ3v) is 7.70. The molecule has 2 aliphatic rings. The third-order valence-electron chi connectivity index (χ3n) is 7.70. The van der Waals surface area contributed by atoms with Crippen LogP contribution in [0.5, 0.6) is 23.0 Å². The van der Waals surface area contributed by atoms with Gasteiger partial charge in [-0.05, 0) is 61.0 Å². The van der Waals surface area contributed by atoms with Gasteiger partial charge < -0.3 is 38.6 Å². The first-order valence-electron chi connectivity index (χ1n) is 14.3. The lowest BCUT2D eigenvalue weighted by Gasteiger charge is -2.39. The fraction of sp³-hybridized carbons (Fsp3) is 0.273. The zero-order valence-electron chi connectivity index (χ0n) is 24.3. The number of carbonyl (C=O) groups is 4. The number of esters is 2. The van der Waals surface area contributed by atoms with E-state index in [0.29, 0.717) is 50.6 Å². The average molecular weight is 617 g/mol. The maximum absolute atomic E-state index is 12.5. The molecular weight excluding hydrogens is 588 g/mol. The highest BCUT2D eigenvalue weighted by Crippen LogP contribution is 2.53. The van der Waals surface area contributed by atoms with Gasteiger partial charge >= 0.3 is 23.9 Å². The molecule has 45 heavy (non-hydrogen) atoms. The second-order valence-electron chi connectivity index (χ2n) is 10.3. The van der Waals surface area contributed by atoms with E-state index in [1.165, 1.54) is 12.1 Å². The fourth-order valence-electron chi connectivity index (χ4n) is 6.04. The van der Waals surface area contributed by atoms with Crippen LogP contribution in [0.2, 0.25) is 0 Å². The normalized spacial score (nSPS) is 16.0. The van der Waals surface area contributed by atoms with Crippen molar-refractivity contribution >= 4 is 45.4 Å². The summed E-state index contributed by atoms with van der Waals surface area (Å²) < 4.78 is 33.2. The lowest BCUT2D eigenvalue weighted by Crippen LogP contribution is -2.35. The van der Waals surface area contributed by atoms with Gasteiger partial charge in [0.25, 0.3) is 0 Å². The lowest BCUT2D eigenvalue weighted by atomic mass is 9.78. The number of carboxylic acid groups (broad SMARTS) is 2. The second kappa shape index (κ2) is 11.9. The Labute approximate surface area is 256 Å². The van der Waals surface area contributed by atoms with Gasteiger partial charge in [0.1, 0.15) is 34.1 Å². The molecule has 4 aromatic rings. The van der Waals surface area contributed by atoms with Crippen molar-refractivity contribution in [2.75, 3.05) is 26.4 Å². The van der Waals surface area contributed by atoms with Crippen molar-refractivity contribution in [2.24, 2.45) is 0 Å². The minimum Gasteiger partial charge on any atom is -0.481 e. The molecule has 0 amide bonds. The lowest BCUT2D eigenvalue weighted by molar-refractivity contribution is -0.146. The van der Waals surface area contributed by atoms with Crippen LogP contribution in [0.3, 0.4) is 0 Å². The quantitative estimate of drug-likeness (QED) is 0.232. The van der Waals surface area contributed by atoms with E-state index in [1.54, 1.807) is 50.2 Å². The van der Waals surface area contributed by atoms with Crippen molar-refractivity contribution in [3.05, 3.63) is 70.8 Å². The molecular formula is C33H28O12. The van der Waals surface area contributed by atoms with Crippen molar-refractivity contribution < 1.29 is 57.8 Å². The SMILES string of the molecule is CCOC(=O)COc1ccc2c3c(ccc2c1C(=O)O)OC1CC3c2c(ccc3c(C(=O)O)c(OCC(=O)OCC)ccc23)O1. The van der Waals surface area contributed by atoms with E-state index < -0.39 is 43.4 Å². The second-order valence-corrected chi connectivity index (χ2v) is 10.3. The zero-order valence-corrected chi connectivity index (χ0v) is 24.3. The van der Waals surface area contributed by atoms with E-state index in [1.807, 2.05) is 0 Å². The van der Waals surface area contributed by atoms with Gasteiger partial charge in [0.2, 0.25) is 6.29 Å². The minimum absolute atomic E-state index is 0.0110. The molecule has 12 nitrogen and oxygen atoms in total. The number of hydrogen-bond acceptors (Lipinski definition) is 10. The van der Waals surface area contributed by atoms with Crippen LogP contribution in [-0.4, -0.2) is 66.8 Å². The molecule has 0 radical (unpaired) electrons. The predicted molar refractivity (Wildman–Crippen MR) is 158 cm³/mol. The summed E-state index contributed by atoms with van der Waals surface area (Å²) in [6.45, 7) is 2.74. The average Bonchev–Trinajstić information content (AvgIpc) is 3.01. The van der Waals surface area contributed by atoms with Gasteiger partial charge in [-0.25, -0.2) is 19.2 Å². The van der Waals surface area contributed by atoms with E-state index in [-0.39, 0.29) is 41.8 Å². The molecule has 0 saturated carbocycles. The number of fused-ring (bicyclic) bond motifs is 10. The van der Waals surface area contributed by atoms with Gasteiger partial charge in [0.15, 0.2) is 13.2 Å². The Morgan fingerprint density at radius 2 is 1.09 bits per heavy atom. The number of benzene rings is 4. The maximum Gasteiger partial charge on any atom is 0.344 e. The number of carboxylic acids is 2. The first-order chi connectivity index (χ1) is 21.7. The summed E-state index contributed by atoms with van der Waals surface area (Å²) in [5.41, 5.74) is 1.17. The third kappa shape index (κ3) is 5.28. The summed E-state index contributed by atoms with van der Waals surface area (Å²) >= 11 is 0. The molecule has 0 saturated heterocycles. The molecule has 0 spiro atoms. The first kappa shape index (κ1) is 29.5. The van der Waals surface area contributed by atoms with Gasteiger partial charge in [-0.3, -0.25) is 0 Å². The van der Waals surface area contributed by atoms with E-state index in [2.05, 4.69) is 0 Å². The fourth-order valence-corrected chi connectivity index (χ4v) is 6.04. The van der Waals surface area contributed by atoms with Crippen LogP contribution in [0.25, 0.3) is 21.5 Å². The number of aromatic carboxylic acids is 2. The summed E-state index contributed by atoms with van der Waals surface area (Å²) in [5, 5.41) is 22.3. The van der Waals surface area contributed by atoms with Crippen LogP contribution < -0.4 is 18.9 Å². The van der Waals surface area contributed by atoms with Crippen molar-refractivity contribution in [3.63, 3.8) is 0 Å². The Balaban J connectivity index is 1.49. The monoisotopic (exact) mass is 616 g/mol. The molecule has 0 unspecified atom stereocenters. The highest BCUT2D eigenvalue weighted by molar-refractivity contribution is 6.10. The summed E-state index contributed by atoms with van der Waals surface area (Å²) in [4.78, 5) is 48.7. The summed E-state index contributed by atoms with van der Waals surface area (Å²) in [6, 6.07) is 13.0. The number of hydrogen-bond donors (Lipinski definition) is 2. The van der Waals surface area contributed by atoms with E-state index in [4.69, 9.17) is 28.4 Å². The Bertz CT molecular complexity index is 1740. The van der Waals surface area contributed by atoms with Crippen LogP contribution in [0.15, 0.2) is 48.5 Å². The van der Waals surface area contributed by atoms with Gasteiger partial charge in [-0.2, -0.15) is 0 Å². The molecule has 2 bridgehead atoms. The van der Waals surface area contributed by atoms with E-state index >= 15 is 0 Å². The molecule has 2 heterocycles. The molecule has 0 aromatic heterocycles. The zero-order chi connectivity index (χ0) is 31.8. The van der Waals surface area contributed by atoms with E-state index in [9.17, 15) is 29.4 Å². The first-order valence-corrected chi connectivity index (χ1v) is 14.3. The van der Waals surface area contributed by atoms with Crippen LogP contribution in [0.4, 0.5) is 0 Å². The Morgan fingerprint density at radius 1 is 0.667 bits per heavy atom. The van der Waals surface area contributed by atoms with Gasteiger partial charge in [-0.1, -0.05) is 12.1 Å². The molecule has 2 aliphatic heterocycles. The summed E-state index contributed by atoms with van der Waals surface area (Å²) in [5.74, 6) is -3.09. The molecule has 6 rings (SSSR count). The van der Waals surface area contributed by atoms with Gasteiger partial charge in [0.05, 0.1) is 13.2 Å². The molecule has 0 fully saturated rings. The maximum atomic E-state index is 12.5. The highest BCUT2D eigenvalue weighted by atomic mass is 16.7. The van der Waals surface area contributed by atoms with Crippen LogP contribution >= 0.6 is 0 Å². The van der Waals surface area contributed by atoms with Crippen LogP contribution in [-0.2, 0) is 19.1 Å². The topological polar surface area (TPSA) is 164 Å². The molecule has 12 heteroatoms. The predicted octanol–water partition coefficient (Wildman–Crippen LogP) is 4.91. The van der Waals surface area contributed by atoms with Gasteiger partial charge in [0, 0.05) is 34.2 Å². The summed E-state index contributed by atoms with van der Waals surface area (Å²) in [6.07, 6.45) is -0.243. The van der Waals surface area contributed by atoms with Crippen molar-refractivity contribution in [2.45, 2.75) is 32.5 Å². The van der Waals surface area contributed by atoms with Crippen molar-refractivity contribution in [1.82, 2.24) is 0 Å². The van der Waals surface area contributed by atoms with Crippen molar-refractivity contribution in [1.29, 1.82) is 0 Å². The molecule has 4 aromatic carbocycles. The van der Waals surface area contributed by atoms with Crippen molar-refractivity contribution in [3.8, 4) is 23.0 Å². The standard InChI is InChI=1S/C33H28O12/c1-3-40-25(34)14-42-21-9-5-16-18(30(21)32(36)37)7-11-23-28(16)20-13-27(44-23)45-24-12-8-19-17(29(20)24)6-10-22(31(19)33(38)39)43-15-26(35)41-4-2/h5-12,20,27H,3-4,13-15H2,1-2H3,(H,36,37)(H,38,39). The Kier molecular flexibility index (Phi) is 7.79. The molecule has 2 N–H and O–H groups in total. The molecule has 232 valence electrons. The number of carbonyl (C=O) groups excluding carboxylic acids is 2. The minimum atomic E-state index is -1.24.